The van der Waals surface area contributed by atoms with Crippen LogP contribution in [0.3, 0.4) is 0 Å². The molecular formula is C20H14Br2N4OS. The number of aryl methyl sites for hydroxylation is 1. The van der Waals surface area contributed by atoms with E-state index in [1.54, 1.807) is 29.7 Å². The Bertz CT molecular complexity index is 1190. The number of hydrazone groups is 1. The quantitative estimate of drug-likeness (QED) is 0.244. The van der Waals surface area contributed by atoms with Crippen LogP contribution in [0.5, 0.6) is 5.75 Å². The van der Waals surface area contributed by atoms with Gasteiger partial charge in [0.1, 0.15) is 16.9 Å². The molecule has 0 saturated carbocycles. The maximum Gasteiger partial charge on any atom is 0.159 e. The molecule has 0 amide bonds. The number of benzene rings is 2. The van der Waals surface area contributed by atoms with Crippen molar-refractivity contribution in [3.05, 3.63) is 68.2 Å². The summed E-state index contributed by atoms with van der Waals surface area (Å²) in [4.78, 5) is 9.62. The minimum atomic E-state index is 0.123. The SMILES string of the molecule is Cc1ccc(-c2csc3ncnc(NN=Cc4cc(Br)cc(Br)c4O)c23)cc1. The highest BCUT2D eigenvalue weighted by atomic mass is 79.9. The molecule has 0 saturated heterocycles. The minimum Gasteiger partial charge on any atom is -0.506 e. The zero-order chi connectivity index (χ0) is 19.7. The monoisotopic (exact) mass is 516 g/mol. The van der Waals surface area contributed by atoms with Gasteiger partial charge in [0.15, 0.2) is 5.82 Å². The Balaban J connectivity index is 1.70. The van der Waals surface area contributed by atoms with Gasteiger partial charge in [-0.05, 0) is 40.5 Å². The van der Waals surface area contributed by atoms with Crippen molar-refractivity contribution in [3.8, 4) is 16.9 Å². The fourth-order valence-electron chi connectivity index (χ4n) is 2.75. The summed E-state index contributed by atoms with van der Waals surface area (Å²) < 4.78 is 1.43. The summed E-state index contributed by atoms with van der Waals surface area (Å²) in [6.45, 7) is 2.07. The first-order valence-corrected chi connectivity index (χ1v) is 10.8. The Labute approximate surface area is 182 Å². The van der Waals surface area contributed by atoms with Crippen molar-refractivity contribution in [1.82, 2.24) is 9.97 Å². The highest BCUT2D eigenvalue weighted by molar-refractivity contribution is 9.11. The van der Waals surface area contributed by atoms with Crippen LogP contribution in [0.15, 0.2) is 62.2 Å². The van der Waals surface area contributed by atoms with Crippen LogP contribution in [0, 0.1) is 6.92 Å². The van der Waals surface area contributed by atoms with Gasteiger partial charge in [0.25, 0.3) is 0 Å². The number of aromatic hydroxyl groups is 1. The molecule has 0 atom stereocenters. The minimum absolute atomic E-state index is 0.123. The van der Waals surface area contributed by atoms with E-state index in [1.165, 1.54) is 11.9 Å². The van der Waals surface area contributed by atoms with Gasteiger partial charge in [0.2, 0.25) is 0 Å². The number of nitrogens with zero attached hydrogens (tertiary/aromatic N) is 3. The average Bonchev–Trinajstić information content (AvgIpc) is 3.11. The van der Waals surface area contributed by atoms with Crippen molar-refractivity contribution >= 4 is 65.4 Å². The van der Waals surface area contributed by atoms with E-state index in [-0.39, 0.29) is 5.75 Å². The van der Waals surface area contributed by atoms with E-state index in [0.29, 0.717) is 15.9 Å². The first-order valence-electron chi connectivity index (χ1n) is 8.29. The average molecular weight is 518 g/mol. The lowest BCUT2D eigenvalue weighted by Gasteiger charge is -2.06. The number of rotatable bonds is 4. The van der Waals surface area contributed by atoms with Crippen molar-refractivity contribution in [2.24, 2.45) is 5.10 Å². The second kappa shape index (κ2) is 7.98. The van der Waals surface area contributed by atoms with Crippen LogP contribution in [0.2, 0.25) is 0 Å². The van der Waals surface area contributed by atoms with Gasteiger partial charge in [-0.3, -0.25) is 5.43 Å². The molecule has 140 valence electrons. The molecule has 2 heterocycles. The highest BCUT2D eigenvalue weighted by Gasteiger charge is 2.13. The first-order chi connectivity index (χ1) is 13.5. The summed E-state index contributed by atoms with van der Waals surface area (Å²) >= 11 is 8.30. The second-order valence-electron chi connectivity index (χ2n) is 6.11. The molecule has 0 unspecified atom stereocenters. The highest BCUT2D eigenvalue weighted by Crippen LogP contribution is 2.36. The van der Waals surface area contributed by atoms with Gasteiger partial charge in [0, 0.05) is 21.0 Å². The van der Waals surface area contributed by atoms with E-state index in [2.05, 4.69) is 88.9 Å². The number of phenols is 1. The van der Waals surface area contributed by atoms with Gasteiger partial charge < -0.3 is 5.11 Å². The topological polar surface area (TPSA) is 70.4 Å². The van der Waals surface area contributed by atoms with Crippen molar-refractivity contribution in [2.45, 2.75) is 6.92 Å². The van der Waals surface area contributed by atoms with E-state index in [1.807, 2.05) is 0 Å². The third-order valence-electron chi connectivity index (χ3n) is 4.16. The van der Waals surface area contributed by atoms with E-state index < -0.39 is 0 Å². The number of nitrogens with one attached hydrogen (secondary N) is 1. The standard InChI is InChI=1S/C20H14Br2N4OS/c1-11-2-4-12(5-3-11)15-9-28-20-17(15)19(23-10-24-20)26-25-8-13-6-14(21)7-16(22)18(13)27/h2-10,27H,1H3,(H,23,24,26). The zero-order valence-corrected chi connectivity index (χ0v) is 18.6. The maximum absolute atomic E-state index is 10.2. The Hall–Kier alpha value is -2.29. The smallest absolute Gasteiger partial charge is 0.159 e. The molecule has 0 aliphatic heterocycles. The molecule has 5 nitrogen and oxygen atoms in total. The van der Waals surface area contributed by atoms with Crippen molar-refractivity contribution in [2.75, 3.05) is 5.43 Å². The van der Waals surface area contributed by atoms with E-state index in [0.717, 1.165) is 25.8 Å². The number of fused-ring (bicyclic) bond motifs is 1. The van der Waals surface area contributed by atoms with Crippen LogP contribution in [0.25, 0.3) is 21.3 Å². The molecule has 2 aromatic carbocycles. The number of phenolic OH excluding ortho intramolecular Hbond substituents is 1. The van der Waals surface area contributed by atoms with E-state index in [4.69, 9.17) is 0 Å². The molecule has 4 aromatic rings. The largest absolute Gasteiger partial charge is 0.506 e. The number of thiophene rings is 1. The van der Waals surface area contributed by atoms with Crippen LogP contribution >= 0.6 is 43.2 Å². The Morgan fingerprint density at radius 2 is 1.93 bits per heavy atom. The Morgan fingerprint density at radius 3 is 2.71 bits per heavy atom. The van der Waals surface area contributed by atoms with Gasteiger partial charge in [-0.15, -0.1) is 11.3 Å². The fourth-order valence-corrected chi connectivity index (χ4v) is 4.93. The molecule has 0 aliphatic carbocycles. The molecule has 2 N–H and O–H groups in total. The third kappa shape index (κ3) is 3.80. The van der Waals surface area contributed by atoms with Gasteiger partial charge in [-0.2, -0.15) is 5.10 Å². The number of halogens is 2. The molecule has 0 fully saturated rings. The Morgan fingerprint density at radius 1 is 1.14 bits per heavy atom. The van der Waals surface area contributed by atoms with Crippen molar-refractivity contribution < 1.29 is 5.11 Å². The van der Waals surface area contributed by atoms with Gasteiger partial charge in [-0.1, -0.05) is 45.8 Å². The Kier molecular flexibility index (Phi) is 5.43. The van der Waals surface area contributed by atoms with Crippen molar-refractivity contribution in [1.29, 1.82) is 0 Å². The molecule has 28 heavy (non-hydrogen) atoms. The van der Waals surface area contributed by atoms with Crippen LogP contribution < -0.4 is 5.43 Å². The summed E-state index contributed by atoms with van der Waals surface area (Å²) in [6, 6.07) is 11.9. The van der Waals surface area contributed by atoms with E-state index >= 15 is 0 Å². The predicted molar refractivity (Wildman–Crippen MR) is 122 cm³/mol. The third-order valence-corrected chi connectivity index (χ3v) is 6.11. The van der Waals surface area contributed by atoms with Gasteiger partial charge in [0.05, 0.1) is 16.1 Å². The molecule has 0 spiro atoms. The van der Waals surface area contributed by atoms with Crippen LogP contribution in [0.4, 0.5) is 5.82 Å². The maximum atomic E-state index is 10.2. The lowest BCUT2D eigenvalue weighted by atomic mass is 10.0. The first kappa shape index (κ1) is 19.0. The number of anilines is 1. The van der Waals surface area contributed by atoms with Crippen LogP contribution in [0.1, 0.15) is 11.1 Å². The second-order valence-corrected chi connectivity index (χ2v) is 8.74. The lowest BCUT2D eigenvalue weighted by Crippen LogP contribution is -1.96. The van der Waals surface area contributed by atoms with Gasteiger partial charge >= 0.3 is 0 Å². The molecule has 8 heteroatoms. The number of hydrogen-bond acceptors (Lipinski definition) is 6. The molecular weight excluding hydrogens is 504 g/mol. The summed E-state index contributed by atoms with van der Waals surface area (Å²) in [7, 11) is 0. The summed E-state index contributed by atoms with van der Waals surface area (Å²) in [5.41, 5.74) is 6.94. The molecule has 0 aliphatic rings. The summed E-state index contributed by atoms with van der Waals surface area (Å²) in [5.74, 6) is 0.740. The lowest BCUT2D eigenvalue weighted by molar-refractivity contribution is 0.471. The van der Waals surface area contributed by atoms with Crippen LogP contribution in [-0.2, 0) is 0 Å². The fraction of sp³-hybridized carbons (Fsp3) is 0.0500. The number of aromatic nitrogens is 2. The predicted octanol–water partition coefficient (Wildman–Crippen LogP) is 6.34. The van der Waals surface area contributed by atoms with Crippen LogP contribution in [-0.4, -0.2) is 21.3 Å². The van der Waals surface area contributed by atoms with Gasteiger partial charge in [-0.25, -0.2) is 9.97 Å². The summed E-state index contributed by atoms with van der Waals surface area (Å²) in [6.07, 6.45) is 3.07. The molecule has 2 aromatic heterocycles. The zero-order valence-electron chi connectivity index (χ0n) is 14.6. The van der Waals surface area contributed by atoms with Crippen molar-refractivity contribution in [3.63, 3.8) is 0 Å². The molecule has 0 bridgehead atoms. The number of hydrogen-bond donors (Lipinski definition) is 2. The summed E-state index contributed by atoms with van der Waals surface area (Å²) in [5, 5.41) is 17.4. The van der Waals surface area contributed by atoms with E-state index in [9.17, 15) is 5.11 Å². The molecule has 0 radical (unpaired) electrons. The molecule has 4 rings (SSSR count). The normalized spacial score (nSPS) is 11.4.